The fourth-order valence-corrected chi connectivity index (χ4v) is 2.94. The lowest BCUT2D eigenvalue weighted by Gasteiger charge is -2.34. The van der Waals surface area contributed by atoms with E-state index in [1.165, 1.54) is 50.0 Å². The molecule has 1 N–H and O–H groups in total. The van der Waals surface area contributed by atoms with Crippen LogP contribution in [0.25, 0.3) is 0 Å². The second-order valence-corrected chi connectivity index (χ2v) is 5.49. The third-order valence-corrected chi connectivity index (χ3v) is 4.17. The first-order valence-corrected chi connectivity index (χ1v) is 7.20. The van der Waals surface area contributed by atoms with Crippen LogP contribution < -0.4 is 4.90 Å². The van der Waals surface area contributed by atoms with E-state index in [9.17, 15) is 5.11 Å². The summed E-state index contributed by atoms with van der Waals surface area (Å²) in [6, 6.07) is 6.42. The van der Waals surface area contributed by atoms with Crippen molar-refractivity contribution in [2.45, 2.75) is 46.1 Å². The van der Waals surface area contributed by atoms with E-state index in [1.54, 1.807) is 0 Å². The molecular weight excluding hydrogens is 222 g/mol. The van der Waals surface area contributed by atoms with E-state index in [4.69, 9.17) is 0 Å². The Morgan fingerprint density at radius 1 is 1.28 bits per heavy atom. The Labute approximate surface area is 111 Å². The summed E-state index contributed by atoms with van der Waals surface area (Å²) in [5.41, 5.74) is 3.56. The van der Waals surface area contributed by atoms with Crippen LogP contribution in [-0.2, 0) is 6.61 Å². The standard InChI is InChI=1S/C16H25NO/c1-3-4-14-7-9-17(10-8-14)16-6-5-15(12-18)13(2)11-16/h5-6,11,14,18H,3-4,7-10,12H2,1-2H3. The highest BCUT2D eigenvalue weighted by atomic mass is 16.3. The molecule has 0 amide bonds. The highest BCUT2D eigenvalue weighted by Crippen LogP contribution is 2.27. The molecule has 2 rings (SSSR count). The molecule has 18 heavy (non-hydrogen) atoms. The summed E-state index contributed by atoms with van der Waals surface area (Å²) in [6.07, 6.45) is 5.36. The summed E-state index contributed by atoms with van der Waals surface area (Å²) in [5, 5.41) is 9.20. The smallest absolute Gasteiger partial charge is 0.0684 e. The average molecular weight is 247 g/mol. The first kappa shape index (κ1) is 13.4. The van der Waals surface area contributed by atoms with Gasteiger partial charge in [-0.15, -0.1) is 0 Å². The van der Waals surface area contributed by atoms with E-state index in [-0.39, 0.29) is 6.61 Å². The zero-order chi connectivity index (χ0) is 13.0. The van der Waals surface area contributed by atoms with E-state index in [1.807, 2.05) is 0 Å². The number of aryl methyl sites for hydroxylation is 1. The molecule has 100 valence electrons. The molecule has 0 radical (unpaired) electrons. The second kappa shape index (κ2) is 6.24. The Morgan fingerprint density at radius 2 is 2.00 bits per heavy atom. The Balaban J connectivity index is 1.99. The minimum absolute atomic E-state index is 0.144. The number of aliphatic hydroxyl groups is 1. The molecule has 1 fully saturated rings. The predicted octanol–water partition coefficient (Wildman–Crippen LogP) is 3.50. The van der Waals surface area contributed by atoms with Crippen LogP contribution in [0.5, 0.6) is 0 Å². The molecule has 2 nitrogen and oxygen atoms in total. The molecule has 0 aliphatic carbocycles. The fourth-order valence-electron chi connectivity index (χ4n) is 2.94. The van der Waals surface area contributed by atoms with Gasteiger partial charge < -0.3 is 10.0 Å². The lowest BCUT2D eigenvalue weighted by atomic mass is 9.92. The summed E-state index contributed by atoms with van der Waals surface area (Å²) >= 11 is 0. The zero-order valence-electron chi connectivity index (χ0n) is 11.7. The number of piperidine rings is 1. The van der Waals surface area contributed by atoms with Crippen LogP contribution in [0.1, 0.15) is 43.7 Å². The minimum Gasteiger partial charge on any atom is -0.392 e. The number of rotatable bonds is 4. The van der Waals surface area contributed by atoms with Gasteiger partial charge in [0, 0.05) is 18.8 Å². The van der Waals surface area contributed by atoms with Crippen molar-refractivity contribution in [3.63, 3.8) is 0 Å². The molecule has 2 heteroatoms. The van der Waals surface area contributed by atoms with Gasteiger partial charge in [0.1, 0.15) is 0 Å². The topological polar surface area (TPSA) is 23.5 Å². The van der Waals surface area contributed by atoms with Gasteiger partial charge in [-0.2, -0.15) is 0 Å². The Hall–Kier alpha value is -1.02. The van der Waals surface area contributed by atoms with Gasteiger partial charge in [0.15, 0.2) is 0 Å². The van der Waals surface area contributed by atoms with Crippen LogP contribution in [0, 0.1) is 12.8 Å². The maximum atomic E-state index is 9.20. The molecular formula is C16H25NO. The molecule has 0 aromatic heterocycles. The monoisotopic (exact) mass is 247 g/mol. The summed E-state index contributed by atoms with van der Waals surface area (Å²) in [7, 11) is 0. The summed E-state index contributed by atoms with van der Waals surface area (Å²) < 4.78 is 0. The van der Waals surface area contributed by atoms with Crippen molar-refractivity contribution < 1.29 is 5.11 Å². The summed E-state index contributed by atoms with van der Waals surface area (Å²) in [5.74, 6) is 0.934. The van der Waals surface area contributed by atoms with E-state index in [2.05, 4.69) is 36.9 Å². The molecule has 1 aliphatic rings. The molecule has 0 unspecified atom stereocenters. The second-order valence-electron chi connectivity index (χ2n) is 5.49. The van der Waals surface area contributed by atoms with Gasteiger partial charge in [-0.3, -0.25) is 0 Å². The lowest BCUT2D eigenvalue weighted by molar-refractivity contribution is 0.281. The molecule has 0 atom stereocenters. The van der Waals surface area contributed by atoms with Crippen molar-refractivity contribution in [3.8, 4) is 0 Å². The van der Waals surface area contributed by atoms with Crippen molar-refractivity contribution in [1.29, 1.82) is 0 Å². The lowest BCUT2D eigenvalue weighted by Crippen LogP contribution is -2.33. The normalized spacial score (nSPS) is 17.2. The summed E-state index contributed by atoms with van der Waals surface area (Å²) in [6.45, 7) is 6.87. The van der Waals surface area contributed by atoms with Crippen LogP contribution >= 0.6 is 0 Å². The average Bonchev–Trinajstić information content (AvgIpc) is 2.40. The molecule has 0 bridgehead atoms. The third kappa shape index (κ3) is 3.05. The maximum absolute atomic E-state index is 9.20. The van der Waals surface area contributed by atoms with Gasteiger partial charge in [-0.1, -0.05) is 25.8 Å². The number of hydrogen-bond donors (Lipinski definition) is 1. The van der Waals surface area contributed by atoms with Crippen LogP contribution in [0.3, 0.4) is 0 Å². The van der Waals surface area contributed by atoms with Gasteiger partial charge >= 0.3 is 0 Å². The largest absolute Gasteiger partial charge is 0.392 e. The maximum Gasteiger partial charge on any atom is 0.0684 e. The van der Waals surface area contributed by atoms with Crippen LogP contribution in [0.15, 0.2) is 18.2 Å². The highest BCUT2D eigenvalue weighted by Gasteiger charge is 2.18. The number of benzene rings is 1. The predicted molar refractivity (Wildman–Crippen MR) is 76.9 cm³/mol. The Bertz CT molecular complexity index is 381. The number of nitrogens with zero attached hydrogens (tertiary/aromatic N) is 1. The molecule has 1 saturated heterocycles. The molecule has 1 heterocycles. The Morgan fingerprint density at radius 3 is 2.56 bits per heavy atom. The summed E-state index contributed by atoms with van der Waals surface area (Å²) in [4.78, 5) is 2.49. The van der Waals surface area contributed by atoms with Crippen LogP contribution in [0.2, 0.25) is 0 Å². The minimum atomic E-state index is 0.144. The van der Waals surface area contributed by atoms with E-state index in [0.29, 0.717) is 0 Å². The van der Waals surface area contributed by atoms with Gasteiger partial charge in [0.05, 0.1) is 6.61 Å². The first-order valence-electron chi connectivity index (χ1n) is 7.20. The number of aliphatic hydroxyl groups excluding tert-OH is 1. The fraction of sp³-hybridized carbons (Fsp3) is 0.625. The van der Waals surface area contributed by atoms with Crippen LogP contribution in [-0.4, -0.2) is 18.2 Å². The third-order valence-electron chi connectivity index (χ3n) is 4.17. The SMILES string of the molecule is CCCC1CCN(c2ccc(CO)c(C)c2)CC1. The first-order chi connectivity index (χ1) is 8.74. The van der Waals surface area contributed by atoms with Gasteiger partial charge in [0.25, 0.3) is 0 Å². The van der Waals surface area contributed by atoms with E-state index >= 15 is 0 Å². The van der Waals surface area contributed by atoms with Gasteiger partial charge in [-0.25, -0.2) is 0 Å². The van der Waals surface area contributed by atoms with Crippen LogP contribution in [0.4, 0.5) is 5.69 Å². The quantitative estimate of drug-likeness (QED) is 0.880. The molecule has 0 saturated carbocycles. The zero-order valence-corrected chi connectivity index (χ0v) is 11.7. The van der Waals surface area contributed by atoms with Crippen molar-refractivity contribution in [1.82, 2.24) is 0 Å². The number of anilines is 1. The Kier molecular flexibility index (Phi) is 4.65. The molecule has 1 aromatic rings. The van der Waals surface area contributed by atoms with Crippen molar-refractivity contribution in [3.05, 3.63) is 29.3 Å². The van der Waals surface area contributed by atoms with E-state index in [0.717, 1.165) is 11.5 Å². The highest BCUT2D eigenvalue weighted by molar-refractivity contribution is 5.51. The van der Waals surface area contributed by atoms with Gasteiger partial charge in [0.2, 0.25) is 0 Å². The number of hydrogen-bond acceptors (Lipinski definition) is 2. The van der Waals surface area contributed by atoms with Crippen molar-refractivity contribution in [2.75, 3.05) is 18.0 Å². The van der Waals surface area contributed by atoms with Crippen molar-refractivity contribution in [2.24, 2.45) is 5.92 Å². The molecule has 1 aliphatic heterocycles. The molecule has 0 spiro atoms. The van der Waals surface area contributed by atoms with Crippen molar-refractivity contribution >= 4 is 5.69 Å². The molecule has 1 aromatic carbocycles. The van der Waals surface area contributed by atoms with E-state index < -0.39 is 0 Å². The van der Waals surface area contributed by atoms with Gasteiger partial charge in [-0.05, 0) is 48.9 Å².